The topological polar surface area (TPSA) is 106 Å². The molecule has 8 nitrogen and oxygen atoms in total. The van der Waals surface area contributed by atoms with Gasteiger partial charge in [-0.05, 0) is 42.0 Å². The van der Waals surface area contributed by atoms with E-state index in [2.05, 4.69) is 15.2 Å². The maximum Gasteiger partial charge on any atom is 0.228 e. The molecule has 2 aliphatic heterocycles. The normalized spacial score (nSPS) is 27.3. The number of hydrogen-bond acceptors (Lipinski definition) is 7. The number of pyridine rings is 1. The second-order valence-electron chi connectivity index (χ2n) is 10.3. The van der Waals surface area contributed by atoms with E-state index in [4.69, 9.17) is 16.9 Å². The van der Waals surface area contributed by atoms with E-state index in [9.17, 15) is 14.3 Å². The number of nitrogens with zero attached hydrogens (tertiary/aromatic N) is 6. The van der Waals surface area contributed by atoms with Gasteiger partial charge in [0.2, 0.25) is 5.91 Å². The highest BCUT2D eigenvalue weighted by Crippen LogP contribution is 2.43. The van der Waals surface area contributed by atoms with Crippen molar-refractivity contribution in [2.24, 2.45) is 17.8 Å². The van der Waals surface area contributed by atoms with E-state index in [-0.39, 0.29) is 29.4 Å². The predicted molar refractivity (Wildman–Crippen MR) is 140 cm³/mol. The van der Waals surface area contributed by atoms with Gasteiger partial charge >= 0.3 is 0 Å². The van der Waals surface area contributed by atoms with Crippen LogP contribution in [0.15, 0.2) is 54.7 Å². The zero-order valence-electron chi connectivity index (χ0n) is 21.1. The molecule has 1 amide bonds. The molecule has 0 aliphatic carbocycles. The number of nitriles is 1. The maximum atomic E-state index is 14.0. The van der Waals surface area contributed by atoms with Gasteiger partial charge in [0.25, 0.3) is 0 Å². The zero-order valence-corrected chi connectivity index (χ0v) is 21.9. The van der Waals surface area contributed by atoms with Gasteiger partial charge in [0.05, 0.1) is 17.7 Å². The molecule has 0 bridgehead atoms. The van der Waals surface area contributed by atoms with E-state index in [1.807, 2.05) is 41.8 Å². The summed E-state index contributed by atoms with van der Waals surface area (Å²) in [5.74, 6) is -1.10. The quantitative estimate of drug-likeness (QED) is 0.543. The minimum Gasteiger partial charge on any atom is -0.384 e. The molecule has 5 rings (SSSR count). The summed E-state index contributed by atoms with van der Waals surface area (Å²) in [7, 11) is 0. The van der Waals surface area contributed by atoms with Gasteiger partial charge in [-0.15, -0.1) is 10.2 Å². The van der Waals surface area contributed by atoms with Crippen LogP contribution < -0.4 is 4.90 Å². The fourth-order valence-electron chi connectivity index (χ4n) is 5.90. The van der Waals surface area contributed by atoms with Crippen molar-refractivity contribution in [3.05, 3.63) is 82.5 Å². The van der Waals surface area contributed by atoms with E-state index in [1.165, 1.54) is 12.3 Å². The summed E-state index contributed by atoms with van der Waals surface area (Å²) in [6, 6.07) is 15.5. The number of likely N-dealkylation sites (tertiary alicyclic amines) is 1. The Morgan fingerprint density at radius 1 is 1.05 bits per heavy atom. The first-order valence-electron chi connectivity index (χ1n) is 12.6. The van der Waals surface area contributed by atoms with Crippen molar-refractivity contribution in [3.63, 3.8) is 0 Å². The number of amides is 1. The number of piperidine rings is 1. The van der Waals surface area contributed by atoms with Crippen LogP contribution in [0.2, 0.25) is 5.02 Å². The van der Waals surface area contributed by atoms with Crippen molar-refractivity contribution in [3.8, 4) is 6.07 Å². The number of benzene rings is 1. The van der Waals surface area contributed by atoms with Crippen LogP contribution in [-0.4, -0.2) is 57.3 Å². The Morgan fingerprint density at radius 3 is 2.34 bits per heavy atom. The van der Waals surface area contributed by atoms with Crippen molar-refractivity contribution >= 4 is 23.3 Å². The third kappa shape index (κ3) is 4.70. The molecule has 1 aromatic carbocycles. The minimum atomic E-state index is -1.10. The van der Waals surface area contributed by atoms with Gasteiger partial charge < -0.3 is 14.9 Å². The Hall–Kier alpha value is -3.61. The van der Waals surface area contributed by atoms with Gasteiger partial charge in [-0.3, -0.25) is 9.78 Å². The van der Waals surface area contributed by atoms with E-state index < -0.39 is 17.3 Å². The lowest BCUT2D eigenvalue weighted by Gasteiger charge is -2.48. The summed E-state index contributed by atoms with van der Waals surface area (Å²) in [5, 5.41) is 29.5. The van der Waals surface area contributed by atoms with Crippen molar-refractivity contribution in [2.75, 3.05) is 31.1 Å². The summed E-state index contributed by atoms with van der Waals surface area (Å²) in [6.07, 6.45) is 1.17. The summed E-state index contributed by atoms with van der Waals surface area (Å²) in [5.41, 5.74) is 0.527. The third-order valence-electron chi connectivity index (χ3n) is 7.97. The van der Waals surface area contributed by atoms with Crippen molar-refractivity contribution in [1.29, 1.82) is 5.26 Å². The molecular weight excluding hydrogens is 507 g/mol. The summed E-state index contributed by atoms with van der Waals surface area (Å²) in [4.78, 5) is 22.1. The molecule has 0 radical (unpaired) electrons. The van der Waals surface area contributed by atoms with Gasteiger partial charge in [0, 0.05) is 54.6 Å². The molecule has 38 heavy (non-hydrogen) atoms. The number of rotatable bonds is 4. The number of carbonyl (C=O) groups is 1. The number of aromatic nitrogens is 3. The summed E-state index contributed by atoms with van der Waals surface area (Å²) in [6.45, 7) is 5.51. The summed E-state index contributed by atoms with van der Waals surface area (Å²) < 4.78 is 13.6. The molecule has 2 aliphatic rings. The van der Waals surface area contributed by atoms with Gasteiger partial charge in [0.15, 0.2) is 11.5 Å². The standard InChI is InChI=1S/C28H28ClFN6O2/c1-17-13-36(14-18(2)28(17,38)19-3-5-20(29)6-4-19)27(37)24-16-35(26-10-8-22(11-31)33-34-26)15-23(24)25-9-7-21(30)12-32-25/h3-10,12,17-18,23-24,38H,13-16H2,1-2H3/t17-,18+,23-,24+,28?/m0/s1. The number of halogens is 2. The van der Waals surface area contributed by atoms with Gasteiger partial charge in [-0.25, -0.2) is 4.39 Å². The Morgan fingerprint density at radius 2 is 1.76 bits per heavy atom. The molecule has 2 aromatic heterocycles. The average molecular weight is 535 g/mol. The van der Waals surface area contributed by atoms with Gasteiger partial charge in [-0.2, -0.15) is 5.26 Å². The molecule has 3 aromatic rings. The fraction of sp³-hybridized carbons (Fsp3) is 0.393. The second kappa shape index (κ2) is 10.3. The zero-order chi connectivity index (χ0) is 27.0. The third-order valence-corrected chi connectivity index (χ3v) is 8.22. The molecule has 5 atom stereocenters. The molecule has 0 spiro atoms. The van der Waals surface area contributed by atoms with E-state index in [1.54, 1.807) is 30.3 Å². The lowest BCUT2D eigenvalue weighted by molar-refractivity contribution is -0.152. The Labute approximate surface area is 225 Å². The van der Waals surface area contributed by atoms with Crippen LogP contribution in [0.1, 0.15) is 36.7 Å². The van der Waals surface area contributed by atoms with Crippen LogP contribution >= 0.6 is 11.6 Å². The van der Waals surface area contributed by atoms with Crippen molar-refractivity contribution < 1.29 is 14.3 Å². The van der Waals surface area contributed by atoms with E-state index in [0.717, 1.165) is 5.56 Å². The number of hydrogen-bond donors (Lipinski definition) is 1. The molecule has 1 unspecified atom stereocenters. The molecule has 2 saturated heterocycles. The Bertz CT molecular complexity index is 1330. The number of anilines is 1. The molecule has 1 N–H and O–H groups in total. The van der Waals surface area contributed by atoms with E-state index in [0.29, 0.717) is 42.7 Å². The first kappa shape index (κ1) is 26.0. The second-order valence-corrected chi connectivity index (χ2v) is 10.7. The van der Waals surface area contributed by atoms with E-state index >= 15 is 0 Å². The first-order valence-corrected chi connectivity index (χ1v) is 13.0. The van der Waals surface area contributed by atoms with Gasteiger partial charge in [0.1, 0.15) is 11.9 Å². The Balaban J connectivity index is 1.40. The SMILES string of the molecule is C[C@@H]1CN(C(=O)[C@@H]2CN(c3ccc(C#N)nn3)C[C@@H]2c2ccc(F)cn2)C[C@H](C)C1(O)c1ccc(Cl)cc1. The highest BCUT2D eigenvalue weighted by Gasteiger charge is 2.49. The summed E-state index contributed by atoms with van der Waals surface area (Å²) >= 11 is 6.06. The smallest absolute Gasteiger partial charge is 0.228 e. The first-order chi connectivity index (χ1) is 18.2. The monoisotopic (exact) mass is 534 g/mol. The lowest BCUT2D eigenvalue weighted by atomic mass is 9.70. The molecule has 196 valence electrons. The minimum absolute atomic E-state index is 0.0397. The highest BCUT2D eigenvalue weighted by molar-refractivity contribution is 6.30. The number of aliphatic hydroxyl groups is 1. The molecule has 4 heterocycles. The maximum absolute atomic E-state index is 14.0. The van der Waals surface area contributed by atoms with Crippen LogP contribution in [0.5, 0.6) is 0 Å². The molecule has 2 fully saturated rings. The van der Waals surface area contributed by atoms with Crippen molar-refractivity contribution in [1.82, 2.24) is 20.1 Å². The molecular formula is C28H28ClFN6O2. The fourth-order valence-corrected chi connectivity index (χ4v) is 6.03. The predicted octanol–water partition coefficient (Wildman–Crippen LogP) is 3.76. The van der Waals surface area contributed by atoms with Crippen LogP contribution in [0.4, 0.5) is 10.2 Å². The average Bonchev–Trinajstić information content (AvgIpc) is 3.37. The highest BCUT2D eigenvalue weighted by atomic mass is 35.5. The van der Waals surface area contributed by atoms with Crippen LogP contribution in [0.3, 0.4) is 0 Å². The number of carbonyl (C=O) groups excluding carboxylic acids is 1. The largest absolute Gasteiger partial charge is 0.384 e. The lowest BCUT2D eigenvalue weighted by Crippen LogP contribution is -2.57. The molecule has 0 saturated carbocycles. The van der Waals surface area contributed by atoms with Crippen LogP contribution in [-0.2, 0) is 10.4 Å². The molecule has 10 heteroatoms. The van der Waals surface area contributed by atoms with Crippen LogP contribution in [0.25, 0.3) is 0 Å². The van der Waals surface area contributed by atoms with Gasteiger partial charge in [-0.1, -0.05) is 37.6 Å². The Kier molecular flexibility index (Phi) is 7.03. The van der Waals surface area contributed by atoms with Crippen molar-refractivity contribution in [2.45, 2.75) is 25.4 Å². The van der Waals surface area contributed by atoms with Crippen LogP contribution in [0, 0.1) is 34.9 Å².